The monoisotopic (exact) mass is 764 g/mol. The van der Waals surface area contributed by atoms with Crippen LogP contribution in [0.4, 0.5) is 5.69 Å². The first-order valence-electron chi connectivity index (χ1n) is 20.2. The van der Waals surface area contributed by atoms with Gasteiger partial charge in [-0.2, -0.15) is 0 Å². The molecule has 8 rings (SSSR count). The molecule has 298 valence electrons. The van der Waals surface area contributed by atoms with Crippen molar-refractivity contribution in [1.82, 2.24) is 34.2 Å². The summed E-state index contributed by atoms with van der Waals surface area (Å²) >= 11 is 0. The van der Waals surface area contributed by atoms with Crippen LogP contribution in [0.25, 0.3) is 0 Å². The number of hydrogen-bond donors (Lipinski definition) is 4. The molecule has 2 unspecified atom stereocenters. The molecule has 3 aromatic rings. The summed E-state index contributed by atoms with van der Waals surface area (Å²) in [4.78, 5) is 53.6. The van der Waals surface area contributed by atoms with Crippen molar-refractivity contribution in [3.63, 3.8) is 0 Å². The molecule has 13 nitrogen and oxygen atoms in total. The van der Waals surface area contributed by atoms with Gasteiger partial charge in [0.15, 0.2) is 11.6 Å². The lowest BCUT2D eigenvalue weighted by atomic mass is 9.70. The number of allylic oxidation sites excluding steroid dienone is 4. The molecule has 13 heteroatoms. The molecule has 0 saturated heterocycles. The lowest BCUT2D eigenvalue weighted by Gasteiger charge is -2.37. The van der Waals surface area contributed by atoms with Gasteiger partial charge in [-0.05, 0) is 81.2 Å². The second kappa shape index (κ2) is 14.4. The van der Waals surface area contributed by atoms with Crippen LogP contribution in [0.15, 0.2) is 48.2 Å². The second-order valence-electron chi connectivity index (χ2n) is 17.8. The number of hydrogen-bond acceptors (Lipinski definition) is 8. The Morgan fingerprint density at radius 2 is 1.54 bits per heavy atom. The Labute approximate surface area is 328 Å². The highest BCUT2D eigenvalue weighted by Gasteiger charge is 2.57. The van der Waals surface area contributed by atoms with E-state index >= 15 is 0 Å². The summed E-state index contributed by atoms with van der Waals surface area (Å²) < 4.78 is 3.82. The number of aliphatic carboxylic acids is 1. The van der Waals surface area contributed by atoms with Gasteiger partial charge in [0.05, 0.1) is 22.9 Å². The largest absolute Gasteiger partial charge is 0.481 e. The zero-order chi connectivity index (χ0) is 39.6. The third-order valence-corrected chi connectivity index (χ3v) is 13.8. The molecule has 2 aliphatic heterocycles. The smallest absolute Gasteiger partial charge is 0.309 e. The Balaban J connectivity index is 0.905. The van der Waals surface area contributed by atoms with Crippen molar-refractivity contribution in [3.05, 3.63) is 88.2 Å². The minimum atomic E-state index is -0.615. The topological polar surface area (TPSA) is 158 Å². The third kappa shape index (κ3) is 6.91. The Hall–Kier alpha value is -4.59. The molecule has 2 amide bonds. The number of nitrogens with zero attached hydrogens (tertiary/aromatic N) is 6. The molecule has 2 atom stereocenters. The Bertz CT molecular complexity index is 2120. The maximum atomic E-state index is 13.9. The standard InChI is InChI=1S/C43H56N8O5/c1-27(52)23-51-20-13-34-32(25-51)46-36(48(34)4)38(53)44-29-9-6-8-28(22-29)30-10-7-11-35(41(30,2)3)47-39(54)37-45-31-24-50(19-12-33(31)49(37)5)21-18-42-14-16-43(26-42,17-15-42)40(55)56/h6-11,22,27,30,52H,12-21,23-26H2,1-5H3,(H,44,53)(H,47,54)(H,55,56). The van der Waals surface area contributed by atoms with Crippen LogP contribution in [0.1, 0.15) is 115 Å². The number of aromatic nitrogens is 4. The van der Waals surface area contributed by atoms with E-state index in [4.69, 9.17) is 9.97 Å². The van der Waals surface area contributed by atoms with E-state index in [2.05, 4.69) is 40.4 Å². The average Bonchev–Trinajstić information content (AvgIpc) is 3.91. The van der Waals surface area contributed by atoms with Gasteiger partial charge in [-0.1, -0.05) is 38.1 Å². The normalized spacial score (nSPS) is 26.0. The maximum absolute atomic E-state index is 13.9. The van der Waals surface area contributed by atoms with Crippen molar-refractivity contribution in [2.45, 2.75) is 97.2 Å². The number of carbonyl (C=O) groups is 3. The summed E-state index contributed by atoms with van der Waals surface area (Å²) in [5.41, 5.74) is 5.60. The zero-order valence-electron chi connectivity index (χ0n) is 33.4. The number of β-amino-alcohol motifs (C(OH)–C–C–N with tert-alkyl or cyclic N) is 1. The summed E-state index contributed by atoms with van der Waals surface area (Å²) in [6.07, 6.45) is 12.7. The maximum Gasteiger partial charge on any atom is 0.309 e. The van der Waals surface area contributed by atoms with Gasteiger partial charge in [0.2, 0.25) is 0 Å². The first-order valence-corrected chi connectivity index (χ1v) is 20.2. The summed E-state index contributed by atoms with van der Waals surface area (Å²) in [7, 11) is 3.81. The molecule has 56 heavy (non-hydrogen) atoms. The van der Waals surface area contributed by atoms with E-state index in [1.165, 1.54) is 0 Å². The Morgan fingerprint density at radius 3 is 2.16 bits per heavy atom. The van der Waals surface area contributed by atoms with Crippen LogP contribution in [0, 0.1) is 16.2 Å². The van der Waals surface area contributed by atoms with Gasteiger partial charge < -0.3 is 30.0 Å². The number of carboxylic acids is 1. The lowest BCUT2D eigenvalue weighted by molar-refractivity contribution is -0.148. The van der Waals surface area contributed by atoms with Crippen molar-refractivity contribution >= 4 is 23.5 Å². The van der Waals surface area contributed by atoms with Crippen LogP contribution < -0.4 is 10.6 Å². The highest BCUT2D eigenvalue weighted by molar-refractivity contribution is 6.02. The van der Waals surface area contributed by atoms with Gasteiger partial charge in [0, 0.05) is 93.8 Å². The zero-order valence-corrected chi connectivity index (χ0v) is 33.4. The van der Waals surface area contributed by atoms with Crippen LogP contribution in [-0.4, -0.2) is 89.2 Å². The SMILES string of the molecule is CC(O)CN1CCc2c(nc(C(=O)Nc3cccc(C4C=CC=C(NC(=O)c5nc6c(n5C)CCN(CCC57CCC(C(=O)O)(CC5)C7)C6)C4(C)C)c3)n2C)C1. The molecule has 4 N–H and O–H groups in total. The van der Waals surface area contributed by atoms with Crippen molar-refractivity contribution in [1.29, 1.82) is 0 Å². The summed E-state index contributed by atoms with van der Waals surface area (Å²) in [6, 6.07) is 7.86. The number of anilines is 1. The third-order valence-electron chi connectivity index (χ3n) is 13.8. The van der Waals surface area contributed by atoms with Crippen molar-refractivity contribution in [2.24, 2.45) is 30.3 Å². The van der Waals surface area contributed by atoms with Crippen LogP contribution >= 0.6 is 0 Å². The van der Waals surface area contributed by atoms with Gasteiger partial charge in [0.25, 0.3) is 11.8 Å². The highest BCUT2D eigenvalue weighted by Crippen LogP contribution is 2.63. The Kier molecular flexibility index (Phi) is 9.85. The number of carbonyl (C=O) groups excluding carboxylic acids is 2. The summed E-state index contributed by atoms with van der Waals surface area (Å²) in [6.45, 7) is 10.5. The van der Waals surface area contributed by atoms with Crippen LogP contribution in [0.3, 0.4) is 0 Å². The molecule has 4 heterocycles. The number of nitrogens with one attached hydrogen (secondary N) is 2. The fourth-order valence-corrected chi connectivity index (χ4v) is 10.4. The molecule has 0 radical (unpaired) electrons. The number of aliphatic hydroxyl groups excluding tert-OH is 1. The number of benzene rings is 1. The lowest BCUT2D eigenvalue weighted by Crippen LogP contribution is -2.37. The molecule has 2 fully saturated rings. The quantitative estimate of drug-likeness (QED) is 0.213. The molecule has 2 bridgehead atoms. The number of amides is 2. The van der Waals surface area contributed by atoms with Crippen LogP contribution in [0.5, 0.6) is 0 Å². The van der Waals surface area contributed by atoms with Crippen molar-refractivity contribution in [2.75, 3.05) is 31.5 Å². The van der Waals surface area contributed by atoms with E-state index in [9.17, 15) is 24.6 Å². The van der Waals surface area contributed by atoms with Crippen LogP contribution in [0.2, 0.25) is 0 Å². The summed E-state index contributed by atoms with van der Waals surface area (Å²) in [5.74, 6) is -0.455. The molecule has 2 saturated carbocycles. The van der Waals surface area contributed by atoms with Crippen LogP contribution in [-0.2, 0) is 44.8 Å². The second-order valence-corrected chi connectivity index (χ2v) is 17.8. The number of aliphatic hydroxyl groups is 1. The first kappa shape index (κ1) is 38.3. The Morgan fingerprint density at radius 1 is 0.911 bits per heavy atom. The van der Waals surface area contributed by atoms with E-state index in [0.717, 1.165) is 105 Å². The van der Waals surface area contributed by atoms with Crippen molar-refractivity contribution in [3.8, 4) is 0 Å². The number of carboxylic acid groups (broad SMARTS) is 1. The fourth-order valence-electron chi connectivity index (χ4n) is 10.4. The predicted octanol–water partition coefficient (Wildman–Crippen LogP) is 4.92. The minimum absolute atomic E-state index is 0.0805. The molecule has 5 aliphatic rings. The van der Waals surface area contributed by atoms with E-state index < -0.39 is 22.9 Å². The first-order chi connectivity index (χ1) is 26.7. The summed E-state index contributed by atoms with van der Waals surface area (Å²) in [5, 5.41) is 26.0. The predicted molar refractivity (Wildman–Crippen MR) is 212 cm³/mol. The van der Waals surface area contributed by atoms with E-state index in [1.807, 2.05) is 59.6 Å². The van der Waals surface area contributed by atoms with Gasteiger partial charge >= 0.3 is 5.97 Å². The molecular weight excluding hydrogens is 709 g/mol. The number of imidazole rings is 2. The van der Waals surface area contributed by atoms with Gasteiger partial charge in [-0.3, -0.25) is 24.2 Å². The number of fused-ring (bicyclic) bond motifs is 4. The fraction of sp³-hybridized carbons (Fsp3) is 0.558. The van der Waals surface area contributed by atoms with Gasteiger partial charge in [-0.15, -0.1) is 0 Å². The average molecular weight is 765 g/mol. The van der Waals surface area contributed by atoms with Gasteiger partial charge in [0.1, 0.15) is 0 Å². The molecule has 0 spiro atoms. The molecule has 2 aromatic heterocycles. The number of rotatable bonds is 11. The highest BCUT2D eigenvalue weighted by atomic mass is 16.4. The van der Waals surface area contributed by atoms with Crippen molar-refractivity contribution < 1.29 is 24.6 Å². The van der Waals surface area contributed by atoms with E-state index in [0.29, 0.717) is 37.0 Å². The minimum Gasteiger partial charge on any atom is -0.481 e. The molecule has 3 aliphatic carbocycles. The van der Waals surface area contributed by atoms with Gasteiger partial charge in [-0.25, -0.2) is 9.97 Å². The molecule has 1 aromatic carbocycles. The molecular formula is C43H56N8O5. The van der Waals surface area contributed by atoms with E-state index in [-0.39, 0.29) is 23.1 Å². The van der Waals surface area contributed by atoms with E-state index in [1.54, 1.807) is 6.92 Å².